The Morgan fingerprint density at radius 2 is 1.07 bits per heavy atom. The second-order valence-electron chi connectivity index (χ2n) is 15.1. The van der Waals surface area contributed by atoms with Gasteiger partial charge in [-0.25, -0.2) is 13.2 Å². The highest BCUT2D eigenvalue weighted by Crippen LogP contribution is 2.47. The summed E-state index contributed by atoms with van der Waals surface area (Å²) in [6.07, 6.45) is -15.3. The fraction of sp³-hybridized carbons (Fsp3) is 0.208. The highest BCUT2D eigenvalue weighted by molar-refractivity contribution is 5.78. The minimum atomic E-state index is -5.48. The molecule has 1 nitrogen and oxygen atoms in total. The van der Waals surface area contributed by atoms with E-state index in [1.165, 1.54) is 62.1 Å². The van der Waals surface area contributed by atoms with Crippen LogP contribution in [0.15, 0.2) is 122 Å². The Kier molecular flexibility index (Phi) is 12.3. The molecule has 0 aliphatic heterocycles. The van der Waals surface area contributed by atoms with Gasteiger partial charge in [-0.05, 0) is 121 Å². The van der Waals surface area contributed by atoms with Crippen molar-refractivity contribution in [3.05, 3.63) is 189 Å². The molecule has 0 aliphatic carbocycles. The van der Waals surface area contributed by atoms with E-state index in [0.29, 0.717) is 11.1 Å². The van der Waals surface area contributed by atoms with Gasteiger partial charge in [0, 0.05) is 34.1 Å². The molecule has 0 aromatic heterocycles. The minimum absolute atomic E-state index is 0.101. The van der Waals surface area contributed by atoms with Crippen LogP contribution in [-0.2, 0) is 24.9 Å². The first kappa shape index (κ1) is 44.6. The lowest BCUT2D eigenvalue weighted by Crippen LogP contribution is -2.22. The van der Waals surface area contributed by atoms with Crippen LogP contribution in [-0.4, -0.2) is 0 Å². The second-order valence-corrected chi connectivity index (χ2v) is 15.1. The van der Waals surface area contributed by atoms with Gasteiger partial charge >= 0.3 is 18.5 Å². The van der Waals surface area contributed by atoms with Crippen molar-refractivity contribution in [2.45, 2.75) is 64.5 Å². The molecule has 6 aromatic carbocycles. The summed E-state index contributed by atoms with van der Waals surface area (Å²) in [5, 5.41) is 0. The zero-order valence-electron chi connectivity index (χ0n) is 33.0. The number of hydrogen-bond donors (Lipinski definition) is 0. The van der Waals surface area contributed by atoms with Gasteiger partial charge in [0.2, 0.25) is 0 Å². The maximum absolute atomic E-state index is 16.6. The number of benzene rings is 6. The summed E-state index contributed by atoms with van der Waals surface area (Å²) in [5.41, 5.74) is -4.28. The molecule has 0 saturated carbocycles. The summed E-state index contributed by atoms with van der Waals surface area (Å²) in [5.74, 6) is -8.32. The molecule has 0 N–H and O–H groups in total. The van der Waals surface area contributed by atoms with Crippen LogP contribution in [0.25, 0.3) is 16.7 Å². The standard InChI is InChI=1S/C48H37F12N/c1-26(2)40-42(48(58,59)60)45(51)44(50)41(43(40)49)39(23-30-11-13-33(14-12-30)32-9-7-6-8-10-32)29(5)31-15-17-36(18-16-31)61(37-21-27(3)19-34(24-37)46(52,53)54)38-22-28(4)20-35(25-38)47(55,56)57/h6-22,24-25,29,39H,1,23H2,2-5H3/t29-,39?/m0/s1. The predicted molar refractivity (Wildman–Crippen MR) is 213 cm³/mol. The van der Waals surface area contributed by atoms with Crippen LogP contribution in [0.4, 0.5) is 69.7 Å². The molecule has 0 radical (unpaired) electrons. The minimum Gasteiger partial charge on any atom is -0.310 e. The van der Waals surface area contributed by atoms with Crippen LogP contribution in [0.5, 0.6) is 0 Å². The number of alkyl halides is 9. The number of aryl methyl sites for hydroxylation is 2. The van der Waals surface area contributed by atoms with Gasteiger partial charge in [0.25, 0.3) is 0 Å². The maximum Gasteiger partial charge on any atom is 0.420 e. The molecule has 0 fully saturated rings. The van der Waals surface area contributed by atoms with Crippen molar-refractivity contribution in [3.63, 3.8) is 0 Å². The number of hydrogen-bond acceptors (Lipinski definition) is 1. The van der Waals surface area contributed by atoms with Crippen LogP contribution in [0.3, 0.4) is 0 Å². The molecule has 0 heterocycles. The molecule has 318 valence electrons. The van der Waals surface area contributed by atoms with Gasteiger partial charge in [-0.2, -0.15) is 39.5 Å². The van der Waals surface area contributed by atoms with Crippen molar-refractivity contribution in [2.75, 3.05) is 4.90 Å². The zero-order valence-corrected chi connectivity index (χ0v) is 33.0. The van der Waals surface area contributed by atoms with Gasteiger partial charge < -0.3 is 4.90 Å². The number of rotatable bonds is 10. The van der Waals surface area contributed by atoms with Gasteiger partial charge in [-0.1, -0.05) is 80.2 Å². The van der Waals surface area contributed by atoms with E-state index in [-0.39, 0.29) is 34.6 Å². The number of allylic oxidation sites excluding steroid dienone is 1. The van der Waals surface area contributed by atoms with Gasteiger partial charge in [0.15, 0.2) is 11.6 Å². The van der Waals surface area contributed by atoms with E-state index < -0.39 is 81.2 Å². The van der Waals surface area contributed by atoms with Crippen molar-refractivity contribution >= 4 is 22.6 Å². The second kappa shape index (κ2) is 16.8. The molecule has 6 rings (SSSR count). The van der Waals surface area contributed by atoms with Gasteiger partial charge in [-0.15, -0.1) is 0 Å². The molecule has 0 saturated heterocycles. The third-order valence-corrected chi connectivity index (χ3v) is 10.5. The molecule has 61 heavy (non-hydrogen) atoms. The third-order valence-electron chi connectivity index (χ3n) is 10.5. The largest absolute Gasteiger partial charge is 0.420 e. The molecular weight excluding hydrogens is 819 g/mol. The topological polar surface area (TPSA) is 3.24 Å². The fourth-order valence-corrected chi connectivity index (χ4v) is 7.64. The molecule has 0 aliphatic rings. The smallest absolute Gasteiger partial charge is 0.310 e. The van der Waals surface area contributed by atoms with E-state index in [0.717, 1.165) is 42.3 Å². The highest BCUT2D eigenvalue weighted by Gasteiger charge is 2.43. The lowest BCUT2D eigenvalue weighted by atomic mass is 9.77. The van der Waals surface area contributed by atoms with Gasteiger partial charge in [-0.3, -0.25) is 0 Å². The van der Waals surface area contributed by atoms with Crippen LogP contribution in [0, 0.1) is 31.3 Å². The molecule has 2 atom stereocenters. The Morgan fingerprint density at radius 3 is 1.52 bits per heavy atom. The first-order valence-electron chi connectivity index (χ1n) is 18.8. The Hall–Kier alpha value is -5.98. The summed E-state index contributed by atoms with van der Waals surface area (Å²) < 4.78 is 175. The van der Waals surface area contributed by atoms with Gasteiger partial charge in [0.05, 0.1) is 11.1 Å². The van der Waals surface area contributed by atoms with Crippen LogP contribution >= 0.6 is 0 Å². The van der Waals surface area contributed by atoms with E-state index in [4.69, 9.17) is 0 Å². The van der Waals surface area contributed by atoms with Crippen LogP contribution < -0.4 is 4.90 Å². The van der Waals surface area contributed by atoms with Crippen molar-refractivity contribution in [1.82, 2.24) is 0 Å². The zero-order chi connectivity index (χ0) is 44.8. The van der Waals surface area contributed by atoms with Crippen molar-refractivity contribution in [2.24, 2.45) is 0 Å². The molecule has 0 bridgehead atoms. The lowest BCUT2D eigenvalue weighted by Gasteiger charge is -2.30. The molecule has 0 amide bonds. The van der Waals surface area contributed by atoms with Gasteiger partial charge in [0.1, 0.15) is 11.4 Å². The lowest BCUT2D eigenvalue weighted by molar-refractivity contribution is -0.141. The Balaban J connectivity index is 1.51. The van der Waals surface area contributed by atoms with E-state index in [1.807, 2.05) is 30.3 Å². The molecule has 1 unspecified atom stereocenters. The molecule has 13 heteroatoms. The predicted octanol–water partition coefficient (Wildman–Crippen LogP) is 16.1. The van der Waals surface area contributed by atoms with E-state index >= 15 is 13.2 Å². The number of nitrogens with zero attached hydrogens (tertiary/aromatic N) is 1. The monoisotopic (exact) mass is 855 g/mol. The van der Waals surface area contributed by atoms with Crippen molar-refractivity contribution < 1.29 is 52.7 Å². The highest BCUT2D eigenvalue weighted by atomic mass is 19.4. The number of anilines is 3. The first-order valence-corrected chi connectivity index (χ1v) is 18.8. The van der Waals surface area contributed by atoms with Crippen LogP contribution in [0.1, 0.15) is 75.8 Å². The SMILES string of the molecule is C=C(C)c1c(F)c(C(Cc2ccc(-c3ccccc3)cc2)[C@@H](C)c2ccc(N(c3cc(C)cc(C(F)(F)F)c3)c3cc(C)cc(C(F)(F)F)c3)cc2)c(F)c(F)c1C(F)(F)F. The van der Waals surface area contributed by atoms with E-state index in [9.17, 15) is 39.5 Å². The summed E-state index contributed by atoms with van der Waals surface area (Å²) in [4.78, 5) is 1.20. The molecule has 6 aromatic rings. The van der Waals surface area contributed by atoms with E-state index in [2.05, 4.69) is 6.58 Å². The Morgan fingerprint density at radius 1 is 0.574 bits per heavy atom. The van der Waals surface area contributed by atoms with Crippen molar-refractivity contribution in [1.29, 1.82) is 0 Å². The quantitative estimate of drug-likeness (QED) is 0.0980. The summed E-state index contributed by atoms with van der Waals surface area (Å²) >= 11 is 0. The van der Waals surface area contributed by atoms with Crippen molar-refractivity contribution in [3.8, 4) is 11.1 Å². The summed E-state index contributed by atoms with van der Waals surface area (Å²) in [6.45, 7) is 8.79. The molecular formula is C48H37F12N. The first-order chi connectivity index (χ1) is 28.4. The number of halogens is 12. The summed E-state index contributed by atoms with van der Waals surface area (Å²) in [7, 11) is 0. The normalized spacial score (nSPS) is 13.2. The van der Waals surface area contributed by atoms with Crippen LogP contribution in [0.2, 0.25) is 0 Å². The Labute approximate surface area is 344 Å². The third kappa shape index (κ3) is 9.50. The average Bonchev–Trinajstić information content (AvgIpc) is 3.18. The average molecular weight is 856 g/mol. The molecule has 0 spiro atoms. The van der Waals surface area contributed by atoms with E-state index in [1.54, 1.807) is 24.3 Å². The fourth-order valence-electron chi connectivity index (χ4n) is 7.64. The maximum atomic E-state index is 16.6. The Bertz CT molecular complexity index is 2490. The summed E-state index contributed by atoms with van der Waals surface area (Å²) in [6, 6.07) is 27.8.